The molecule has 2 rings (SSSR count). The van der Waals surface area contributed by atoms with Crippen LogP contribution in [0.4, 0.5) is 5.69 Å². The summed E-state index contributed by atoms with van der Waals surface area (Å²) in [6.07, 6.45) is 3.50. The highest BCUT2D eigenvalue weighted by Gasteiger charge is 2.12. The second kappa shape index (κ2) is 9.74. The summed E-state index contributed by atoms with van der Waals surface area (Å²) in [6, 6.07) is 6.39. The molecule has 2 aromatic rings. The van der Waals surface area contributed by atoms with Gasteiger partial charge in [-0.15, -0.1) is 0 Å². The summed E-state index contributed by atoms with van der Waals surface area (Å²) < 4.78 is 10.00. The number of carbonyl (C=O) groups excluding carboxylic acids is 2. The van der Waals surface area contributed by atoms with E-state index in [0.717, 1.165) is 0 Å². The standard InChI is InChI=1S/C18H20ClN3O4/c1-25-7-3-6-21-17(23)12-8-13(11-20-10-12)18(24)22-14-4-5-16(26-2)15(19)9-14/h4-5,8-11H,3,6-7H2,1-2H3,(H,21,23)(H,22,24). The van der Waals surface area contributed by atoms with E-state index in [1.807, 2.05) is 0 Å². The first kappa shape index (κ1) is 19.7. The van der Waals surface area contributed by atoms with Gasteiger partial charge in [0.2, 0.25) is 0 Å². The van der Waals surface area contributed by atoms with Crippen LogP contribution < -0.4 is 15.4 Å². The first-order valence-electron chi connectivity index (χ1n) is 7.92. The molecular weight excluding hydrogens is 358 g/mol. The van der Waals surface area contributed by atoms with Crippen molar-refractivity contribution in [3.8, 4) is 5.75 Å². The normalized spacial score (nSPS) is 10.3. The van der Waals surface area contributed by atoms with Gasteiger partial charge in [0.15, 0.2) is 0 Å². The fourth-order valence-electron chi connectivity index (χ4n) is 2.16. The van der Waals surface area contributed by atoms with E-state index in [-0.39, 0.29) is 11.5 Å². The third kappa shape index (κ3) is 5.44. The Hall–Kier alpha value is -2.64. The van der Waals surface area contributed by atoms with Crippen molar-refractivity contribution in [3.05, 3.63) is 52.8 Å². The Morgan fingerprint density at radius 1 is 1.12 bits per heavy atom. The molecule has 0 spiro atoms. The summed E-state index contributed by atoms with van der Waals surface area (Å²) in [6.45, 7) is 1.04. The monoisotopic (exact) mass is 377 g/mol. The van der Waals surface area contributed by atoms with E-state index >= 15 is 0 Å². The summed E-state index contributed by atoms with van der Waals surface area (Å²) in [7, 11) is 3.11. The Labute approximate surface area is 156 Å². The molecule has 0 atom stereocenters. The number of halogens is 1. The van der Waals surface area contributed by atoms with Gasteiger partial charge in [0.1, 0.15) is 5.75 Å². The summed E-state index contributed by atoms with van der Waals surface area (Å²) >= 11 is 6.05. The summed E-state index contributed by atoms with van der Waals surface area (Å²) in [4.78, 5) is 28.4. The van der Waals surface area contributed by atoms with Crippen LogP contribution in [-0.4, -0.2) is 44.2 Å². The van der Waals surface area contributed by atoms with Gasteiger partial charge in [-0.3, -0.25) is 14.6 Å². The van der Waals surface area contributed by atoms with Crippen LogP contribution in [0.1, 0.15) is 27.1 Å². The van der Waals surface area contributed by atoms with Crippen molar-refractivity contribution < 1.29 is 19.1 Å². The van der Waals surface area contributed by atoms with Crippen molar-refractivity contribution >= 4 is 29.1 Å². The van der Waals surface area contributed by atoms with Crippen molar-refractivity contribution in [2.45, 2.75) is 6.42 Å². The Bertz CT molecular complexity index is 783. The van der Waals surface area contributed by atoms with Crippen molar-refractivity contribution in [2.75, 3.05) is 32.7 Å². The number of rotatable bonds is 8. The molecule has 0 fully saturated rings. The lowest BCUT2D eigenvalue weighted by atomic mass is 10.1. The molecule has 1 heterocycles. The highest BCUT2D eigenvalue weighted by atomic mass is 35.5. The molecule has 138 valence electrons. The van der Waals surface area contributed by atoms with Gasteiger partial charge >= 0.3 is 0 Å². The van der Waals surface area contributed by atoms with Crippen LogP contribution in [-0.2, 0) is 4.74 Å². The molecular formula is C18H20ClN3O4. The zero-order chi connectivity index (χ0) is 18.9. The average Bonchev–Trinajstić information content (AvgIpc) is 2.65. The number of anilines is 1. The molecule has 2 amide bonds. The quantitative estimate of drug-likeness (QED) is 0.690. The van der Waals surface area contributed by atoms with Crippen LogP contribution in [0.5, 0.6) is 5.75 Å². The van der Waals surface area contributed by atoms with Gasteiger partial charge in [0.05, 0.1) is 23.3 Å². The van der Waals surface area contributed by atoms with Gasteiger partial charge in [-0.05, 0) is 30.7 Å². The number of hydrogen-bond acceptors (Lipinski definition) is 5. The maximum Gasteiger partial charge on any atom is 0.257 e. The Kier molecular flexibility index (Phi) is 7.37. The lowest BCUT2D eigenvalue weighted by molar-refractivity contribution is 0.0948. The molecule has 26 heavy (non-hydrogen) atoms. The second-order valence-electron chi connectivity index (χ2n) is 5.37. The first-order chi connectivity index (χ1) is 12.5. The Morgan fingerprint density at radius 2 is 1.85 bits per heavy atom. The summed E-state index contributed by atoms with van der Waals surface area (Å²) in [5, 5.41) is 5.84. The van der Waals surface area contributed by atoms with E-state index in [4.69, 9.17) is 21.1 Å². The zero-order valence-electron chi connectivity index (χ0n) is 14.5. The number of aromatic nitrogens is 1. The molecule has 0 saturated carbocycles. The first-order valence-corrected chi connectivity index (χ1v) is 8.30. The smallest absolute Gasteiger partial charge is 0.257 e. The second-order valence-corrected chi connectivity index (χ2v) is 5.78. The highest BCUT2D eigenvalue weighted by molar-refractivity contribution is 6.32. The molecule has 1 aromatic carbocycles. The minimum atomic E-state index is -0.396. The van der Waals surface area contributed by atoms with E-state index in [2.05, 4.69) is 15.6 Å². The maximum absolute atomic E-state index is 12.4. The predicted molar refractivity (Wildman–Crippen MR) is 99.0 cm³/mol. The summed E-state index contributed by atoms with van der Waals surface area (Å²) in [5.74, 6) is -0.179. The number of hydrogen-bond donors (Lipinski definition) is 2. The van der Waals surface area contributed by atoms with Crippen LogP contribution in [0.2, 0.25) is 5.02 Å². The van der Waals surface area contributed by atoms with Crippen molar-refractivity contribution in [1.29, 1.82) is 0 Å². The van der Waals surface area contributed by atoms with Gasteiger partial charge in [0, 0.05) is 38.3 Å². The molecule has 0 aliphatic carbocycles. The number of methoxy groups -OCH3 is 2. The molecule has 7 nitrogen and oxygen atoms in total. The van der Waals surface area contributed by atoms with Crippen LogP contribution in [0, 0.1) is 0 Å². The van der Waals surface area contributed by atoms with E-state index in [9.17, 15) is 9.59 Å². The fraction of sp³-hybridized carbons (Fsp3) is 0.278. The fourth-order valence-corrected chi connectivity index (χ4v) is 2.41. The molecule has 0 radical (unpaired) electrons. The summed E-state index contributed by atoms with van der Waals surface area (Å²) in [5.41, 5.74) is 1.08. The number of nitrogens with zero attached hydrogens (tertiary/aromatic N) is 1. The van der Waals surface area contributed by atoms with Gasteiger partial charge < -0.3 is 20.1 Å². The minimum absolute atomic E-state index is 0.265. The van der Waals surface area contributed by atoms with Crippen molar-refractivity contribution in [2.24, 2.45) is 0 Å². The number of benzene rings is 1. The van der Waals surface area contributed by atoms with Crippen LogP contribution in [0.25, 0.3) is 0 Å². The third-order valence-corrected chi connectivity index (χ3v) is 3.78. The topological polar surface area (TPSA) is 89.5 Å². The number of ether oxygens (including phenoxy) is 2. The third-order valence-electron chi connectivity index (χ3n) is 3.48. The minimum Gasteiger partial charge on any atom is -0.495 e. The van der Waals surface area contributed by atoms with Crippen molar-refractivity contribution in [1.82, 2.24) is 10.3 Å². The van der Waals surface area contributed by atoms with Crippen LogP contribution >= 0.6 is 11.6 Å². The molecule has 2 N–H and O–H groups in total. The van der Waals surface area contributed by atoms with Gasteiger partial charge in [-0.1, -0.05) is 11.6 Å². The van der Waals surface area contributed by atoms with Crippen LogP contribution in [0.15, 0.2) is 36.7 Å². The van der Waals surface area contributed by atoms with Crippen LogP contribution in [0.3, 0.4) is 0 Å². The molecule has 0 bridgehead atoms. The number of pyridine rings is 1. The predicted octanol–water partition coefficient (Wildman–Crippen LogP) is 2.76. The van der Waals surface area contributed by atoms with Gasteiger partial charge in [-0.25, -0.2) is 0 Å². The Balaban J connectivity index is 2.03. The zero-order valence-corrected chi connectivity index (χ0v) is 15.3. The number of amides is 2. The highest BCUT2D eigenvalue weighted by Crippen LogP contribution is 2.27. The van der Waals surface area contributed by atoms with E-state index in [0.29, 0.717) is 41.6 Å². The molecule has 0 unspecified atom stereocenters. The maximum atomic E-state index is 12.4. The molecule has 0 saturated heterocycles. The van der Waals surface area contributed by atoms with E-state index in [1.54, 1.807) is 25.3 Å². The SMILES string of the molecule is COCCCNC(=O)c1cncc(C(=O)Nc2ccc(OC)c(Cl)c2)c1. The van der Waals surface area contributed by atoms with E-state index < -0.39 is 5.91 Å². The van der Waals surface area contributed by atoms with Gasteiger partial charge in [0.25, 0.3) is 11.8 Å². The van der Waals surface area contributed by atoms with Crippen molar-refractivity contribution in [3.63, 3.8) is 0 Å². The molecule has 1 aromatic heterocycles. The molecule has 0 aliphatic rings. The number of carbonyl (C=O) groups is 2. The molecule has 8 heteroatoms. The van der Waals surface area contributed by atoms with E-state index in [1.165, 1.54) is 25.6 Å². The average molecular weight is 378 g/mol. The molecule has 0 aliphatic heterocycles. The number of nitrogens with one attached hydrogen (secondary N) is 2. The lowest BCUT2D eigenvalue weighted by Gasteiger charge is -2.09. The van der Waals surface area contributed by atoms with Gasteiger partial charge in [-0.2, -0.15) is 0 Å². The Morgan fingerprint density at radius 3 is 2.50 bits per heavy atom. The lowest BCUT2D eigenvalue weighted by Crippen LogP contribution is -2.25. The largest absolute Gasteiger partial charge is 0.495 e.